The van der Waals surface area contributed by atoms with Gasteiger partial charge in [0.15, 0.2) is 0 Å². The number of aliphatic carboxylic acids is 1. The molecule has 1 aromatic heterocycles. The summed E-state index contributed by atoms with van der Waals surface area (Å²) in [7, 11) is 3.77. The third kappa shape index (κ3) is 4.91. The molecule has 7 heteroatoms. The zero-order chi connectivity index (χ0) is 13.7. The first-order valence-electron chi connectivity index (χ1n) is 5.30. The predicted octanol–water partition coefficient (Wildman–Crippen LogP) is 1.44. The molecule has 1 rings (SSSR count). The lowest BCUT2D eigenvalue weighted by Gasteiger charge is -2.22. The summed E-state index contributed by atoms with van der Waals surface area (Å²) in [5, 5.41) is 10.6. The zero-order valence-electron chi connectivity index (χ0n) is 10.2. The second-order valence-corrected chi connectivity index (χ2v) is 6.87. The van der Waals surface area contributed by atoms with Crippen LogP contribution >= 0.6 is 33.9 Å². The second-order valence-electron chi connectivity index (χ2n) is 4.06. The minimum absolute atomic E-state index is 0.224. The van der Waals surface area contributed by atoms with E-state index in [1.807, 2.05) is 19.0 Å². The molecule has 0 aliphatic carbocycles. The van der Waals surface area contributed by atoms with Crippen LogP contribution in [0.15, 0.2) is 11.4 Å². The number of carbonyl (C=O) groups excluding carboxylic acids is 1. The van der Waals surface area contributed by atoms with E-state index in [9.17, 15) is 9.59 Å². The minimum atomic E-state index is -0.993. The molecule has 18 heavy (non-hydrogen) atoms. The molecule has 0 spiro atoms. The van der Waals surface area contributed by atoms with E-state index in [0.29, 0.717) is 18.7 Å². The van der Waals surface area contributed by atoms with Crippen LogP contribution in [0.4, 0.5) is 0 Å². The lowest BCUT2D eigenvalue weighted by molar-refractivity contribution is -0.137. The number of hydrogen-bond donors (Lipinski definition) is 1. The Balaban J connectivity index is 2.75. The van der Waals surface area contributed by atoms with Gasteiger partial charge >= 0.3 is 5.97 Å². The van der Waals surface area contributed by atoms with Crippen molar-refractivity contribution < 1.29 is 14.7 Å². The van der Waals surface area contributed by atoms with Crippen molar-refractivity contribution in [3.8, 4) is 0 Å². The molecule has 0 bridgehead atoms. The Morgan fingerprint density at radius 3 is 2.50 bits per heavy atom. The Kier molecular flexibility index (Phi) is 6.03. The van der Waals surface area contributed by atoms with Crippen LogP contribution < -0.4 is 0 Å². The first-order chi connectivity index (χ1) is 8.40. The van der Waals surface area contributed by atoms with Gasteiger partial charge in [-0.1, -0.05) is 0 Å². The predicted molar refractivity (Wildman–Crippen MR) is 79.1 cm³/mol. The van der Waals surface area contributed by atoms with Crippen LogP contribution in [0.2, 0.25) is 0 Å². The molecule has 1 aromatic rings. The van der Waals surface area contributed by atoms with Gasteiger partial charge in [-0.25, -0.2) is 0 Å². The molecule has 0 aromatic carbocycles. The molecule has 0 radical (unpaired) electrons. The van der Waals surface area contributed by atoms with Crippen LogP contribution in [-0.4, -0.2) is 60.5 Å². The van der Waals surface area contributed by atoms with Gasteiger partial charge < -0.3 is 14.9 Å². The van der Waals surface area contributed by atoms with E-state index in [2.05, 4.69) is 22.6 Å². The number of carboxylic acids is 1. The highest BCUT2D eigenvalue weighted by Crippen LogP contribution is 2.18. The number of hydrogen-bond acceptors (Lipinski definition) is 4. The number of thiophene rings is 1. The van der Waals surface area contributed by atoms with Crippen molar-refractivity contribution >= 4 is 45.8 Å². The number of carbonyl (C=O) groups is 2. The molecular formula is C11H15IN2O3S. The molecule has 5 nitrogen and oxygen atoms in total. The summed E-state index contributed by atoms with van der Waals surface area (Å²) in [6.07, 6.45) is 0. The maximum Gasteiger partial charge on any atom is 0.323 e. The molecule has 0 aliphatic heterocycles. The molecule has 1 amide bonds. The fourth-order valence-electron chi connectivity index (χ4n) is 1.34. The number of rotatable bonds is 6. The van der Waals surface area contributed by atoms with E-state index >= 15 is 0 Å². The lowest BCUT2D eigenvalue weighted by Crippen LogP contribution is -2.39. The van der Waals surface area contributed by atoms with Crippen LogP contribution in [0.5, 0.6) is 0 Å². The van der Waals surface area contributed by atoms with Crippen LogP contribution in [0, 0.1) is 2.88 Å². The minimum Gasteiger partial charge on any atom is -0.480 e. The van der Waals surface area contributed by atoms with Crippen molar-refractivity contribution in [3.63, 3.8) is 0 Å². The van der Waals surface area contributed by atoms with Crippen molar-refractivity contribution in [2.75, 3.05) is 33.7 Å². The topological polar surface area (TPSA) is 60.9 Å². The van der Waals surface area contributed by atoms with E-state index in [1.165, 1.54) is 16.2 Å². The Morgan fingerprint density at radius 1 is 1.39 bits per heavy atom. The van der Waals surface area contributed by atoms with Gasteiger partial charge in [-0.15, -0.1) is 11.3 Å². The van der Waals surface area contributed by atoms with Crippen molar-refractivity contribution in [1.82, 2.24) is 9.80 Å². The Hall–Kier alpha value is -0.670. The van der Waals surface area contributed by atoms with Gasteiger partial charge in [0.2, 0.25) is 0 Å². The highest BCUT2D eigenvalue weighted by molar-refractivity contribution is 14.1. The Bertz CT molecular complexity index is 434. The normalized spacial score (nSPS) is 10.7. The Morgan fingerprint density at radius 2 is 2.06 bits per heavy atom. The monoisotopic (exact) mass is 382 g/mol. The highest BCUT2D eigenvalue weighted by atomic mass is 127. The summed E-state index contributed by atoms with van der Waals surface area (Å²) in [5.74, 6) is -1.22. The summed E-state index contributed by atoms with van der Waals surface area (Å²) in [6.45, 7) is 0.782. The van der Waals surface area contributed by atoms with Gasteiger partial charge in [0, 0.05) is 18.5 Å². The van der Waals surface area contributed by atoms with Crippen molar-refractivity contribution in [2.24, 2.45) is 0 Å². The van der Waals surface area contributed by atoms with Crippen molar-refractivity contribution in [2.45, 2.75) is 0 Å². The van der Waals surface area contributed by atoms with Gasteiger partial charge in [0.25, 0.3) is 5.91 Å². The highest BCUT2D eigenvalue weighted by Gasteiger charge is 2.19. The summed E-state index contributed by atoms with van der Waals surface area (Å²) < 4.78 is 1.01. The van der Waals surface area contributed by atoms with Crippen LogP contribution in [0.3, 0.4) is 0 Å². The third-order valence-electron chi connectivity index (χ3n) is 2.24. The summed E-state index contributed by atoms with van der Waals surface area (Å²) in [4.78, 5) is 26.2. The average molecular weight is 382 g/mol. The molecule has 1 heterocycles. The van der Waals surface area contributed by atoms with E-state index < -0.39 is 5.97 Å². The van der Waals surface area contributed by atoms with E-state index in [-0.39, 0.29) is 12.5 Å². The third-order valence-corrected chi connectivity index (χ3v) is 4.03. The van der Waals surface area contributed by atoms with E-state index in [0.717, 1.165) is 2.88 Å². The maximum absolute atomic E-state index is 12.2. The van der Waals surface area contributed by atoms with Crippen molar-refractivity contribution in [1.29, 1.82) is 0 Å². The van der Waals surface area contributed by atoms with E-state index in [1.54, 1.807) is 11.4 Å². The van der Waals surface area contributed by atoms with E-state index in [4.69, 9.17) is 5.11 Å². The smallest absolute Gasteiger partial charge is 0.323 e. The number of likely N-dealkylation sites (N-methyl/N-ethyl adjacent to an activating group) is 1. The summed E-state index contributed by atoms with van der Waals surface area (Å²) >= 11 is 3.61. The molecule has 0 unspecified atom stereocenters. The SMILES string of the molecule is CN(C)CCN(CC(=O)O)C(=O)c1csc(I)c1. The molecule has 100 valence electrons. The largest absolute Gasteiger partial charge is 0.480 e. The lowest BCUT2D eigenvalue weighted by atomic mass is 10.3. The van der Waals surface area contributed by atoms with Crippen LogP contribution in [0.1, 0.15) is 10.4 Å². The Labute approximate surface area is 124 Å². The van der Waals surface area contributed by atoms with Gasteiger partial charge in [0.05, 0.1) is 8.45 Å². The van der Waals surface area contributed by atoms with Gasteiger partial charge in [-0.3, -0.25) is 9.59 Å². The first kappa shape index (κ1) is 15.4. The molecule has 0 saturated carbocycles. The molecule has 1 N–H and O–H groups in total. The molecule has 0 saturated heterocycles. The molecule has 0 fully saturated rings. The number of carboxylic acid groups (broad SMARTS) is 1. The fraction of sp³-hybridized carbons (Fsp3) is 0.455. The first-order valence-corrected chi connectivity index (χ1v) is 7.26. The number of halogens is 1. The van der Waals surface area contributed by atoms with Crippen LogP contribution in [0.25, 0.3) is 0 Å². The molecule has 0 atom stereocenters. The average Bonchev–Trinajstić information content (AvgIpc) is 2.69. The number of nitrogens with zero attached hydrogens (tertiary/aromatic N) is 2. The quantitative estimate of drug-likeness (QED) is 0.757. The number of amides is 1. The summed E-state index contributed by atoms with van der Waals surface area (Å²) in [5.41, 5.74) is 0.560. The van der Waals surface area contributed by atoms with Crippen molar-refractivity contribution in [3.05, 3.63) is 19.9 Å². The summed E-state index contributed by atoms with van der Waals surface area (Å²) in [6, 6.07) is 1.78. The standard InChI is InChI=1S/C11H15IN2O3S/c1-13(2)3-4-14(6-10(15)16)11(17)8-5-9(12)18-7-8/h5,7H,3-4,6H2,1-2H3,(H,15,16). The van der Waals surface area contributed by atoms with Gasteiger partial charge in [-0.2, -0.15) is 0 Å². The molecular weight excluding hydrogens is 367 g/mol. The van der Waals surface area contributed by atoms with Gasteiger partial charge in [-0.05, 0) is 42.8 Å². The molecule has 0 aliphatic rings. The second kappa shape index (κ2) is 7.05. The van der Waals surface area contributed by atoms with Crippen LogP contribution in [-0.2, 0) is 4.79 Å². The van der Waals surface area contributed by atoms with Gasteiger partial charge in [0.1, 0.15) is 6.54 Å². The maximum atomic E-state index is 12.2. The fourth-order valence-corrected chi connectivity index (χ4v) is 2.66. The zero-order valence-corrected chi connectivity index (χ0v) is 13.2.